The molecule has 0 amide bonds. The largest absolute Gasteiger partial charge is 0.391 e. The molecule has 1 aromatic rings. The van der Waals surface area contributed by atoms with Gasteiger partial charge in [-0.05, 0) is 18.9 Å². The van der Waals surface area contributed by atoms with Crippen LogP contribution in [0.25, 0.3) is 0 Å². The number of rotatable bonds is 6. The van der Waals surface area contributed by atoms with Crippen LogP contribution in [0.1, 0.15) is 25.8 Å². The van der Waals surface area contributed by atoms with Crippen molar-refractivity contribution >= 4 is 11.9 Å². The maximum Gasteiger partial charge on any atom is 0.330 e. The molecule has 0 fully saturated rings. The Labute approximate surface area is 113 Å². The summed E-state index contributed by atoms with van der Waals surface area (Å²) >= 11 is 0. The minimum Gasteiger partial charge on any atom is -0.391 e. The van der Waals surface area contributed by atoms with E-state index in [-0.39, 0.29) is 0 Å². The summed E-state index contributed by atoms with van der Waals surface area (Å²) in [6.45, 7) is 3.94. The van der Waals surface area contributed by atoms with E-state index < -0.39 is 24.0 Å². The van der Waals surface area contributed by atoms with Crippen LogP contribution >= 0.6 is 0 Å². The van der Waals surface area contributed by atoms with Crippen LogP contribution in [0.5, 0.6) is 0 Å². The maximum atomic E-state index is 11.6. The summed E-state index contributed by atoms with van der Waals surface area (Å²) in [5.74, 6) is -1.29. The topological polar surface area (TPSA) is 81.4 Å². The first kappa shape index (κ1) is 15.3. The van der Waals surface area contributed by atoms with Crippen LogP contribution in [0.4, 0.5) is 0 Å². The molecule has 0 aliphatic carbocycles. The number of ether oxygens (including phenoxy) is 1. The van der Waals surface area contributed by atoms with E-state index in [1.807, 2.05) is 30.3 Å². The van der Waals surface area contributed by atoms with Gasteiger partial charge in [-0.2, -0.15) is 0 Å². The number of hydrogen-bond donors (Lipinski definition) is 2. The highest BCUT2D eigenvalue weighted by Gasteiger charge is 2.21. The summed E-state index contributed by atoms with van der Waals surface area (Å²) < 4.78 is 4.69. The Morgan fingerprint density at radius 2 is 1.89 bits per heavy atom. The van der Waals surface area contributed by atoms with E-state index in [4.69, 9.17) is 5.73 Å². The zero-order valence-electron chi connectivity index (χ0n) is 11.3. The van der Waals surface area contributed by atoms with Crippen molar-refractivity contribution in [3.05, 3.63) is 35.9 Å². The Hall–Kier alpha value is -1.72. The number of carbonyl (C=O) groups is 2. The van der Waals surface area contributed by atoms with Crippen LogP contribution in [-0.4, -0.2) is 24.0 Å². The first-order chi connectivity index (χ1) is 9.04. The summed E-state index contributed by atoms with van der Waals surface area (Å²) in [6, 6.07) is 8.35. The number of hydrogen-bond acceptors (Lipinski definition) is 5. The van der Waals surface area contributed by atoms with Gasteiger partial charge in [0.1, 0.15) is 12.1 Å². The van der Waals surface area contributed by atoms with E-state index in [0.717, 1.165) is 5.56 Å². The quantitative estimate of drug-likeness (QED) is 0.591. The predicted molar refractivity (Wildman–Crippen MR) is 72.1 cm³/mol. The van der Waals surface area contributed by atoms with Crippen LogP contribution in [0.3, 0.4) is 0 Å². The van der Waals surface area contributed by atoms with Crippen molar-refractivity contribution in [2.24, 2.45) is 5.73 Å². The van der Waals surface area contributed by atoms with E-state index in [2.05, 4.69) is 10.1 Å². The van der Waals surface area contributed by atoms with Gasteiger partial charge < -0.3 is 15.8 Å². The second-order valence-corrected chi connectivity index (χ2v) is 4.34. The summed E-state index contributed by atoms with van der Waals surface area (Å²) in [5.41, 5.74) is 6.54. The maximum absolute atomic E-state index is 11.6. The molecule has 0 heterocycles. The molecule has 5 heteroatoms. The molecule has 0 aliphatic rings. The Kier molecular flexibility index (Phi) is 6.18. The van der Waals surface area contributed by atoms with Gasteiger partial charge in [-0.3, -0.25) is 0 Å². The van der Waals surface area contributed by atoms with Gasteiger partial charge in [0, 0.05) is 6.54 Å². The second kappa shape index (κ2) is 7.66. The van der Waals surface area contributed by atoms with Gasteiger partial charge in [0.25, 0.3) is 0 Å². The molecule has 104 valence electrons. The SMILES string of the molecule is CC[C@@H](N)C(=O)OC(=O)[C@H](C)NCc1ccccc1. The number of esters is 2. The Bertz CT molecular complexity index is 420. The molecule has 19 heavy (non-hydrogen) atoms. The lowest BCUT2D eigenvalue weighted by Gasteiger charge is -2.14. The van der Waals surface area contributed by atoms with Gasteiger partial charge in [0.05, 0.1) is 0 Å². The molecule has 1 rings (SSSR count). The smallest absolute Gasteiger partial charge is 0.330 e. The van der Waals surface area contributed by atoms with Crippen molar-refractivity contribution < 1.29 is 14.3 Å². The predicted octanol–water partition coefficient (Wildman–Crippen LogP) is 0.972. The van der Waals surface area contributed by atoms with Gasteiger partial charge >= 0.3 is 11.9 Å². The van der Waals surface area contributed by atoms with Crippen molar-refractivity contribution in [2.45, 2.75) is 38.9 Å². The van der Waals surface area contributed by atoms with Crippen LogP contribution in [0.15, 0.2) is 30.3 Å². The highest BCUT2D eigenvalue weighted by molar-refractivity contribution is 5.90. The van der Waals surface area contributed by atoms with Crippen molar-refractivity contribution in [3.8, 4) is 0 Å². The van der Waals surface area contributed by atoms with Gasteiger partial charge in [-0.1, -0.05) is 37.3 Å². The Morgan fingerprint density at radius 1 is 1.26 bits per heavy atom. The minimum absolute atomic E-state index is 0.442. The Morgan fingerprint density at radius 3 is 2.47 bits per heavy atom. The van der Waals surface area contributed by atoms with Gasteiger partial charge in [0.15, 0.2) is 0 Å². The zero-order chi connectivity index (χ0) is 14.3. The fourth-order valence-corrected chi connectivity index (χ4v) is 1.38. The molecule has 0 spiro atoms. The van der Waals surface area contributed by atoms with E-state index >= 15 is 0 Å². The molecule has 0 bridgehead atoms. The van der Waals surface area contributed by atoms with E-state index in [1.54, 1.807) is 13.8 Å². The third-order valence-corrected chi connectivity index (χ3v) is 2.75. The summed E-state index contributed by atoms with van der Waals surface area (Å²) in [6.07, 6.45) is 0.442. The normalized spacial score (nSPS) is 13.6. The summed E-state index contributed by atoms with van der Waals surface area (Å²) in [4.78, 5) is 23.0. The minimum atomic E-state index is -0.745. The van der Waals surface area contributed by atoms with Crippen molar-refractivity contribution in [3.63, 3.8) is 0 Å². The molecule has 2 atom stereocenters. The third-order valence-electron chi connectivity index (χ3n) is 2.75. The lowest BCUT2D eigenvalue weighted by Crippen LogP contribution is -2.40. The lowest BCUT2D eigenvalue weighted by atomic mass is 10.2. The third kappa shape index (κ3) is 5.19. The van der Waals surface area contributed by atoms with Crippen molar-refractivity contribution in [2.75, 3.05) is 0 Å². The fraction of sp³-hybridized carbons (Fsp3) is 0.429. The second-order valence-electron chi connectivity index (χ2n) is 4.34. The average molecular weight is 264 g/mol. The van der Waals surface area contributed by atoms with Gasteiger partial charge in [-0.25, -0.2) is 9.59 Å². The molecular formula is C14H20N2O3. The van der Waals surface area contributed by atoms with E-state index in [1.165, 1.54) is 0 Å². The first-order valence-corrected chi connectivity index (χ1v) is 6.33. The highest BCUT2D eigenvalue weighted by atomic mass is 16.6. The van der Waals surface area contributed by atoms with Crippen LogP contribution in [-0.2, 0) is 20.9 Å². The molecular weight excluding hydrogens is 244 g/mol. The van der Waals surface area contributed by atoms with Crippen LogP contribution < -0.4 is 11.1 Å². The van der Waals surface area contributed by atoms with Crippen LogP contribution in [0, 0.1) is 0 Å². The van der Waals surface area contributed by atoms with Gasteiger partial charge in [0.2, 0.25) is 0 Å². The first-order valence-electron chi connectivity index (χ1n) is 6.33. The molecule has 0 saturated carbocycles. The number of nitrogens with one attached hydrogen (secondary N) is 1. The summed E-state index contributed by atoms with van der Waals surface area (Å²) in [7, 11) is 0. The fourth-order valence-electron chi connectivity index (χ4n) is 1.38. The number of carbonyl (C=O) groups excluding carboxylic acids is 2. The lowest BCUT2D eigenvalue weighted by molar-refractivity contribution is -0.161. The number of benzene rings is 1. The molecule has 5 nitrogen and oxygen atoms in total. The molecule has 1 aromatic carbocycles. The monoisotopic (exact) mass is 264 g/mol. The molecule has 0 radical (unpaired) electrons. The highest BCUT2D eigenvalue weighted by Crippen LogP contribution is 2.00. The van der Waals surface area contributed by atoms with Crippen molar-refractivity contribution in [1.29, 1.82) is 0 Å². The zero-order valence-corrected chi connectivity index (χ0v) is 11.3. The van der Waals surface area contributed by atoms with E-state index in [9.17, 15) is 9.59 Å². The van der Waals surface area contributed by atoms with Gasteiger partial charge in [-0.15, -0.1) is 0 Å². The summed E-state index contributed by atoms with van der Waals surface area (Å²) in [5, 5.41) is 2.99. The number of nitrogens with two attached hydrogens (primary N) is 1. The van der Waals surface area contributed by atoms with E-state index in [0.29, 0.717) is 13.0 Å². The molecule has 3 N–H and O–H groups in total. The van der Waals surface area contributed by atoms with Crippen molar-refractivity contribution in [1.82, 2.24) is 5.32 Å². The molecule has 0 aliphatic heterocycles. The standard InChI is InChI=1S/C14H20N2O3/c1-3-12(15)14(18)19-13(17)10(2)16-9-11-7-5-4-6-8-11/h4-8,10,12,16H,3,9,15H2,1-2H3/t10-,12+/m0/s1. The molecule has 0 saturated heterocycles. The Balaban J connectivity index is 2.39. The van der Waals surface area contributed by atoms with Crippen LogP contribution in [0.2, 0.25) is 0 Å². The average Bonchev–Trinajstić information content (AvgIpc) is 2.44. The molecule has 0 aromatic heterocycles. The molecule has 0 unspecified atom stereocenters.